The number of nitrogens with one attached hydrogen (secondary N) is 1. The molecule has 0 aliphatic heterocycles. The number of hydrazone groups is 1. The van der Waals surface area contributed by atoms with Crippen LogP contribution in [0.1, 0.15) is 5.56 Å². The third kappa shape index (κ3) is 5.26. The Morgan fingerprint density at radius 3 is 2.60 bits per heavy atom. The van der Waals surface area contributed by atoms with E-state index in [-0.39, 0.29) is 17.2 Å². The zero-order chi connectivity index (χ0) is 18.4. The van der Waals surface area contributed by atoms with E-state index >= 15 is 0 Å². The van der Waals surface area contributed by atoms with Crippen molar-refractivity contribution in [2.24, 2.45) is 5.10 Å². The topological polar surface area (TPSA) is 114 Å². The fourth-order valence-electron chi connectivity index (χ4n) is 1.74. The Labute approximate surface area is 158 Å². The molecule has 25 heavy (non-hydrogen) atoms. The number of phenolic OH excluding ortho intramolecular Hbond substituents is 1. The molecule has 130 valence electrons. The molecule has 8 nitrogen and oxygen atoms in total. The summed E-state index contributed by atoms with van der Waals surface area (Å²) in [5.41, 5.74) is 2.64. The first-order valence-corrected chi connectivity index (χ1v) is 8.33. The lowest BCUT2D eigenvalue weighted by atomic mass is 10.2. The van der Waals surface area contributed by atoms with Gasteiger partial charge in [-0.3, -0.25) is 14.9 Å². The van der Waals surface area contributed by atoms with Gasteiger partial charge in [0.05, 0.1) is 20.1 Å². The first-order chi connectivity index (χ1) is 11.9. The van der Waals surface area contributed by atoms with Gasteiger partial charge in [0.15, 0.2) is 12.4 Å². The first kappa shape index (κ1) is 18.9. The van der Waals surface area contributed by atoms with E-state index in [0.717, 1.165) is 0 Å². The van der Waals surface area contributed by atoms with Crippen molar-refractivity contribution in [1.82, 2.24) is 5.43 Å². The molecule has 0 bridgehead atoms. The molecular formula is C15H11Br2N3O5. The molecule has 0 saturated carbocycles. The zero-order valence-electron chi connectivity index (χ0n) is 12.5. The molecule has 2 N–H and O–H groups in total. The second-order valence-corrected chi connectivity index (χ2v) is 6.35. The highest BCUT2D eigenvalue weighted by atomic mass is 79.9. The minimum Gasteiger partial charge on any atom is -0.506 e. The van der Waals surface area contributed by atoms with Gasteiger partial charge < -0.3 is 9.84 Å². The smallest absolute Gasteiger partial charge is 0.310 e. The molecule has 0 saturated heterocycles. The van der Waals surface area contributed by atoms with Gasteiger partial charge in [0.2, 0.25) is 0 Å². The SMILES string of the molecule is O=C(COc1ccccc1[N+](=O)[O-])N/N=C\c1cc(Br)c(O)c(Br)c1. The number of nitro benzene ring substituents is 1. The molecule has 0 unspecified atom stereocenters. The molecule has 2 aromatic carbocycles. The van der Waals surface area contributed by atoms with Gasteiger partial charge in [0.25, 0.3) is 5.91 Å². The first-order valence-electron chi connectivity index (χ1n) is 6.74. The van der Waals surface area contributed by atoms with Gasteiger partial charge >= 0.3 is 5.69 Å². The van der Waals surface area contributed by atoms with Crippen LogP contribution in [-0.4, -0.2) is 28.8 Å². The normalized spacial score (nSPS) is 10.6. The van der Waals surface area contributed by atoms with Crippen molar-refractivity contribution in [2.45, 2.75) is 0 Å². The van der Waals surface area contributed by atoms with Gasteiger partial charge in [-0.15, -0.1) is 0 Å². The number of carbonyl (C=O) groups excluding carboxylic acids is 1. The number of benzene rings is 2. The fraction of sp³-hybridized carbons (Fsp3) is 0.0667. The van der Waals surface area contributed by atoms with E-state index in [1.165, 1.54) is 24.4 Å². The van der Waals surface area contributed by atoms with Crippen molar-refractivity contribution >= 4 is 49.7 Å². The minimum absolute atomic E-state index is 0.00183. The summed E-state index contributed by atoms with van der Waals surface area (Å²) in [6.45, 7) is -0.425. The molecule has 0 radical (unpaired) electrons. The Bertz CT molecular complexity index is 819. The van der Waals surface area contributed by atoms with Gasteiger partial charge in [-0.05, 0) is 55.6 Å². The molecule has 0 aliphatic carbocycles. The lowest BCUT2D eigenvalue weighted by Gasteiger charge is -2.05. The van der Waals surface area contributed by atoms with Crippen LogP contribution in [0.5, 0.6) is 11.5 Å². The molecule has 0 aliphatic rings. The number of aromatic hydroxyl groups is 1. The van der Waals surface area contributed by atoms with Gasteiger partial charge in [-0.25, -0.2) is 5.43 Å². The van der Waals surface area contributed by atoms with Crippen molar-refractivity contribution in [3.05, 3.63) is 61.0 Å². The fourth-order valence-corrected chi connectivity index (χ4v) is 2.97. The standard InChI is InChI=1S/C15H11Br2N3O5/c16-10-5-9(6-11(17)15(10)22)7-18-19-14(21)8-25-13-4-2-1-3-12(13)20(23)24/h1-7,22H,8H2,(H,19,21)/b18-7-. The van der Waals surface area contributed by atoms with Crippen molar-refractivity contribution in [3.63, 3.8) is 0 Å². The molecule has 0 fully saturated rings. The molecule has 0 aromatic heterocycles. The van der Waals surface area contributed by atoms with Crippen molar-refractivity contribution in [3.8, 4) is 11.5 Å². The summed E-state index contributed by atoms with van der Waals surface area (Å²) in [6.07, 6.45) is 1.37. The Kier molecular flexibility index (Phi) is 6.48. The number of nitro groups is 1. The highest BCUT2D eigenvalue weighted by molar-refractivity contribution is 9.11. The van der Waals surface area contributed by atoms with Crippen LogP contribution in [-0.2, 0) is 4.79 Å². The summed E-state index contributed by atoms with van der Waals surface area (Å²) in [5.74, 6) is -0.525. The Hall–Kier alpha value is -2.46. The highest BCUT2D eigenvalue weighted by Gasteiger charge is 2.14. The Balaban J connectivity index is 1.92. The van der Waals surface area contributed by atoms with E-state index in [1.807, 2.05) is 0 Å². The number of hydrogen-bond donors (Lipinski definition) is 2. The lowest BCUT2D eigenvalue weighted by Crippen LogP contribution is -2.24. The maximum absolute atomic E-state index is 11.7. The minimum atomic E-state index is -0.591. The van der Waals surface area contributed by atoms with Gasteiger partial charge in [-0.2, -0.15) is 5.10 Å². The van der Waals surface area contributed by atoms with E-state index in [0.29, 0.717) is 14.5 Å². The van der Waals surface area contributed by atoms with Crippen molar-refractivity contribution < 1.29 is 19.6 Å². The van der Waals surface area contributed by atoms with Crippen LogP contribution >= 0.6 is 31.9 Å². The van der Waals surface area contributed by atoms with E-state index in [2.05, 4.69) is 42.4 Å². The lowest BCUT2D eigenvalue weighted by molar-refractivity contribution is -0.385. The molecule has 0 atom stereocenters. The largest absolute Gasteiger partial charge is 0.506 e. The highest BCUT2D eigenvalue weighted by Crippen LogP contribution is 2.32. The third-order valence-corrected chi connectivity index (χ3v) is 4.07. The molecule has 2 aromatic rings. The number of carbonyl (C=O) groups is 1. The second-order valence-electron chi connectivity index (χ2n) is 4.64. The summed E-state index contributed by atoms with van der Waals surface area (Å²) >= 11 is 6.37. The van der Waals surface area contributed by atoms with Crippen LogP contribution < -0.4 is 10.2 Å². The van der Waals surface area contributed by atoms with Gasteiger partial charge in [-0.1, -0.05) is 12.1 Å². The van der Waals surface area contributed by atoms with Crippen LogP contribution in [0, 0.1) is 10.1 Å². The number of hydrogen-bond acceptors (Lipinski definition) is 6. The van der Waals surface area contributed by atoms with Crippen LogP contribution in [0.2, 0.25) is 0 Å². The monoisotopic (exact) mass is 471 g/mol. The maximum Gasteiger partial charge on any atom is 0.310 e. The summed E-state index contributed by atoms with van der Waals surface area (Å²) in [7, 11) is 0. The number of halogens is 2. The molecule has 0 spiro atoms. The Morgan fingerprint density at radius 2 is 1.96 bits per heavy atom. The summed E-state index contributed by atoms with van der Waals surface area (Å²) in [6, 6.07) is 8.98. The van der Waals surface area contributed by atoms with Crippen LogP contribution in [0.4, 0.5) is 5.69 Å². The zero-order valence-corrected chi connectivity index (χ0v) is 15.7. The maximum atomic E-state index is 11.7. The quantitative estimate of drug-likeness (QED) is 0.380. The van der Waals surface area contributed by atoms with Gasteiger partial charge in [0.1, 0.15) is 5.75 Å². The van der Waals surface area contributed by atoms with E-state index in [9.17, 15) is 20.0 Å². The van der Waals surface area contributed by atoms with Crippen LogP contribution in [0.25, 0.3) is 0 Å². The predicted molar refractivity (Wildman–Crippen MR) is 97.8 cm³/mol. The van der Waals surface area contributed by atoms with Crippen LogP contribution in [0.15, 0.2) is 50.4 Å². The molecule has 2 rings (SSSR count). The second kappa shape index (κ2) is 8.58. The third-order valence-electron chi connectivity index (χ3n) is 2.86. The number of para-hydroxylation sites is 2. The number of amides is 1. The van der Waals surface area contributed by atoms with E-state index in [1.54, 1.807) is 18.2 Å². The summed E-state index contributed by atoms with van der Waals surface area (Å²) in [4.78, 5) is 22.0. The molecule has 0 heterocycles. The van der Waals surface area contributed by atoms with Gasteiger partial charge in [0, 0.05) is 6.07 Å². The number of phenols is 1. The van der Waals surface area contributed by atoms with E-state index < -0.39 is 17.4 Å². The summed E-state index contributed by atoms with van der Waals surface area (Å²) < 4.78 is 6.08. The number of ether oxygens (including phenoxy) is 1. The van der Waals surface area contributed by atoms with E-state index in [4.69, 9.17) is 4.74 Å². The molecular weight excluding hydrogens is 462 g/mol. The molecule has 10 heteroatoms. The van der Waals surface area contributed by atoms with Crippen molar-refractivity contribution in [2.75, 3.05) is 6.61 Å². The number of rotatable bonds is 6. The van der Waals surface area contributed by atoms with Crippen molar-refractivity contribution in [1.29, 1.82) is 0 Å². The average molecular weight is 473 g/mol. The Morgan fingerprint density at radius 1 is 1.32 bits per heavy atom. The average Bonchev–Trinajstić information content (AvgIpc) is 2.58. The van der Waals surface area contributed by atoms with Crippen LogP contribution in [0.3, 0.4) is 0 Å². The number of nitrogens with zero attached hydrogens (tertiary/aromatic N) is 2. The summed E-state index contributed by atoms with van der Waals surface area (Å²) in [5, 5.41) is 24.2. The molecule has 1 amide bonds. The predicted octanol–water partition coefficient (Wildman–Crippen LogP) is 3.35.